The Balaban J connectivity index is 3.44. The molecule has 2 N–H and O–H groups in total. The van der Waals surface area contributed by atoms with Crippen LogP contribution in [0.25, 0.3) is 0 Å². The summed E-state index contributed by atoms with van der Waals surface area (Å²) in [6.07, 6.45) is 0.589. The second-order valence-electron chi connectivity index (χ2n) is 2.14. The molecule has 1 rings (SSSR count). The lowest BCUT2D eigenvalue weighted by Gasteiger charge is -1.97. The van der Waals surface area contributed by atoms with Crippen molar-refractivity contribution < 1.29 is 25.9 Å². The third kappa shape index (κ3) is 2.45. The largest absolute Gasteiger partial charge is 0.312 e. The molecule has 0 spiro atoms. The van der Waals surface area contributed by atoms with Gasteiger partial charge in [0.2, 0.25) is 0 Å². The van der Waals surface area contributed by atoms with E-state index in [1.54, 1.807) is 0 Å². The Morgan fingerprint density at radius 2 is 1.29 bits per heavy atom. The first-order valence-electron chi connectivity index (χ1n) is 2.98. The van der Waals surface area contributed by atoms with Crippen LogP contribution in [0.3, 0.4) is 0 Å². The number of aromatic nitrogens is 2. The standard InChI is InChI=1S/C4H4N2O6S2/c7-13(8,9)3-1-4(6-2-5-3)14(10,11)12/h1-2H,(H,7,8,9)(H,10,11,12). The highest BCUT2D eigenvalue weighted by Crippen LogP contribution is 2.09. The lowest BCUT2D eigenvalue weighted by atomic mass is 10.7. The minimum Gasteiger partial charge on any atom is -0.281 e. The molecule has 0 aliphatic heterocycles. The first-order chi connectivity index (χ1) is 6.21. The summed E-state index contributed by atoms with van der Waals surface area (Å²) >= 11 is 0. The zero-order chi connectivity index (χ0) is 11.0. The average Bonchev–Trinajstić information content (AvgIpc) is 2.01. The summed E-state index contributed by atoms with van der Waals surface area (Å²) < 4.78 is 59.0. The maximum Gasteiger partial charge on any atom is 0.312 e. The Morgan fingerprint density at radius 3 is 1.57 bits per heavy atom. The molecule has 0 amide bonds. The van der Waals surface area contributed by atoms with Crippen LogP contribution in [-0.2, 0) is 20.2 Å². The Labute approximate surface area is 79.1 Å². The van der Waals surface area contributed by atoms with Gasteiger partial charge in [0, 0.05) is 6.07 Å². The predicted octanol–water partition coefficient (Wildman–Crippen LogP) is -1.03. The van der Waals surface area contributed by atoms with Crippen molar-refractivity contribution in [1.82, 2.24) is 9.97 Å². The average molecular weight is 240 g/mol. The van der Waals surface area contributed by atoms with E-state index in [4.69, 9.17) is 9.11 Å². The third-order valence-electron chi connectivity index (χ3n) is 1.15. The fraction of sp³-hybridized carbons (Fsp3) is 0. The van der Waals surface area contributed by atoms with Crippen LogP contribution < -0.4 is 0 Å². The van der Waals surface area contributed by atoms with E-state index in [9.17, 15) is 16.8 Å². The summed E-state index contributed by atoms with van der Waals surface area (Å²) in [6.45, 7) is 0. The van der Waals surface area contributed by atoms with Crippen molar-refractivity contribution in [2.75, 3.05) is 0 Å². The first kappa shape index (κ1) is 11.0. The van der Waals surface area contributed by atoms with Gasteiger partial charge in [0.05, 0.1) is 0 Å². The molecule has 0 aromatic carbocycles. The monoisotopic (exact) mass is 240 g/mol. The number of hydrogen-bond donors (Lipinski definition) is 2. The molecule has 14 heavy (non-hydrogen) atoms. The SMILES string of the molecule is O=S(=O)(O)c1cc(S(=O)(=O)O)ncn1. The second kappa shape index (κ2) is 3.24. The van der Waals surface area contributed by atoms with Crippen LogP contribution in [0.4, 0.5) is 0 Å². The van der Waals surface area contributed by atoms with Crippen LogP contribution in [0.1, 0.15) is 0 Å². The molecule has 1 heterocycles. The van der Waals surface area contributed by atoms with Gasteiger partial charge in [0.15, 0.2) is 10.1 Å². The molecule has 0 fully saturated rings. The van der Waals surface area contributed by atoms with Crippen LogP contribution in [0.2, 0.25) is 0 Å². The van der Waals surface area contributed by atoms with Crippen molar-refractivity contribution >= 4 is 20.2 Å². The smallest absolute Gasteiger partial charge is 0.281 e. The van der Waals surface area contributed by atoms with Crippen molar-refractivity contribution in [1.29, 1.82) is 0 Å². The Hall–Kier alpha value is -1.10. The van der Waals surface area contributed by atoms with E-state index in [-0.39, 0.29) is 0 Å². The summed E-state index contributed by atoms with van der Waals surface area (Å²) in [6, 6.07) is 0.435. The topological polar surface area (TPSA) is 135 Å². The normalized spacial score (nSPS) is 12.7. The molecule has 1 aromatic heterocycles. The molecule has 8 nitrogen and oxygen atoms in total. The first-order valence-corrected chi connectivity index (χ1v) is 5.86. The van der Waals surface area contributed by atoms with E-state index in [2.05, 4.69) is 9.97 Å². The van der Waals surface area contributed by atoms with Gasteiger partial charge in [-0.25, -0.2) is 9.97 Å². The quantitative estimate of drug-likeness (QED) is 0.495. The van der Waals surface area contributed by atoms with Gasteiger partial charge in [-0.2, -0.15) is 16.8 Å². The van der Waals surface area contributed by atoms with Gasteiger partial charge in [-0.3, -0.25) is 9.11 Å². The second-order valence-corrected chi connectivity index (χ2v) is 4.88. The Bertz CT molecular complexity index is 500. The molecule has 0 unspecified atom stereocenters. The van der Waals surface area contributed by atoms with Crippen molar-refractivity contribution in [3.63, 3.8) is 0 Å². The fourth-order valence-electron chi connectivity index (χ4n) is 0.605. The van der Waals surface area contributed by atoms with E-state index in [1.165, 1.54) is 0 Å². The van der Waals surface area contributed by atoms with Gasteiger partial charge in [-0.05, 0) is 0 Å². The zero-order valence-corrected chi connectivity index (χ0v) is 8.03. The van der Waals surface area contributed by atoms with Crippen molar-refractivity contribution in [2.45, 2.75) is 10.1 Å². The van der Waals surface area contributed by atoms with Gasteiger partial charge < -0.3 is 0 Å². The van der Waals surface area contributed by atoms with Crippen LogP contribution >= 0.6 is 0 Å². The van der Waals surface area contributed by atoms with Crippen LogP contribution in [0.15, 0.2) is 22.4 Å². The summed E-state index contributed by atoms with van der Waals surface area (Å²) in [5.41, 5.74) is 0. The van der Waals surface area contributed by atoms with Crippen molar-refractivity contribution in [3.8, 4) is 0 Å². The summed E-state index contributed by atoms with van der Waals surface area (Å²) in [4.78, 5) is 6.20. The minimum atomic E-state index is -4.61. The molecule has 0 saturated heterocycles. The summed E-state index contributed by atoms with van der Waals surface area (Å²) in [7, 11) is -9.22. The molecule has 0 aliphatic rings. The number of nitrogens with zero attached hydrogens (tertiary/aromatic N) is 2. The molecular formula is C4H4N2O6S2. The van der Waals surface area contributed by atoms with E-state index < -0.39 is 30.3 Å². The lowest BCUT2D eigenvalue weighted by Crippen LogP contribution is -2.07. The maximum absolute atomic E-state index is 10.5. The number of rotatable bonds is 2. The lowest BCUT2D eigenvalue weighted by molar-refractivity contribution is 0.474. The molecule has 0 atom stereocenters. The molecule has 0 radical (unpaired) electrons. The van der Waals surface area contributed by atoms with Gasteiger partial charge in [-0.15, -0.1) is 0 Å². The summed E-state index contributed by atoms with van der Waals surface area (Å²) in [5, 5.41) is -1.81. The van der Waals surface area contributed by atoms with E-state index in [0.29, 0.717) is 12.4 Å². The minimum absolute atomic E-state index is 0.435. The van der Waals surface area contributed by atoms with Gasteiger partial charge in [-0.1, -0.05) is 0 Å². The third-order valence-corrected chi connectivity index (χ3v) is 2.65. The Kier molecular flexibility index (Phi) is 2.54. The van der Waals surface area contributed by atoms with Gasteiger partial charge in [0.25, 0.3) is 0 Å². The van der Waals surface area contributed by atoms with Crippen molar-refractivity contribution in [3.05, 3.63) is 12.4 Å². The highest BCUT2D eigenvalue weighted by atomic mass is 32.2. The Morgan fingerprint density at radius 1 is 0.929 bits per heavy atom. The molecule has 0 aliphatic carbocycles. The highest BCUT2D eigenvalue weighted by molar-refractivity contribution is 7.86. The summed E-state index contributed by atoms with van der Waals surface area (Å²) in [5.74, 6) is 0. The van der Waals surface area contributed by atoms with Gasteiger partial charge in [0.1, 0.15) is 6.33 Å². The van der Waals surface area contributed by atoms with Crippen LogP contribution in [0, 0.1) is 0 Å². The molecule has 0 bridgehead atoms. The number of hydrogen-bond acceptors (Lipinski definition) is 6. The molecule has 0 saturated carbocycles. The fourth-order valence-corrected chi connectivity index (χ4v) is 1.56. The van der Waals surface area contributed by atoms with Crippen LogP contribution in [0.5, 0.6) is 0 Å². The molecular weight excluding hydrogens is 236 g/mol. The maximum atomic E-state index is 10.5. The van der Waals surface area contributed by atoms with E-state index >= 15 is 0 Å². The van der Waals surface area contributed by atoms with Gasteiger partial charge >= 0.3 is 20.2 Å². The van der Waals surface area contributed by atoms with E-state index in [0.717, 1.165) is 0 Å². The molecule has 10 heteroatoms. The van der Waals surface area contributed by atoms with E-state index in [1.807, 2.05) is 0 Å². The zero-order valence-electron chi connectivity index (χ0n) is 6.39. The van der Waals surface area contributed by atoms with Crippen LogP contribution in [-0.4, -0.2) is 35.9 Å². The van der Waals surface area contributed by atoms with Crippen molar-refractivity contribution in [2.24, 2.45) is 0 Å². The molecule has 1 aromatic rings. The highest BCUT2D eigenvalue weighted by Gasteiger charge is 2.18. The molecule has 78 valence electrons. The predicted molar refractivity (Wildman–Crippen MR) is 41.7 cm³/mol.